The molecule has 10 nitrogen and oxygen atoms in total. The van der Waals surface area contributed by atoms with Crippen LogP contribution in [-0.4, -0.2) is 60.0 Å². The van der Waals surface area contributed by atoms with E-state index >= 15 is 0 Å². The number of carbonyl (C=O) groups excluding carboxylic acids is 2. The van der Waals surface area contributed by atoms with Crippen molar-refractivity contribution in [3.63, 3.8) is 0 Å². The van der Waals surface area contributed by atoms with Crippen LogP contribution >= 0.6 is 23.2 Å². The van der Waals surface area contributed by atoms with Crippen LogP contribution in [0.15, 0.2) is 36.5 Å². The van der Waals surface area contributed by atoms with Crippen LogP contribution in [0.4, 0.5) is 11.6 Å². The zero-order valence-corrected chi connectivity index (χ0v) is 23.2. The summed E-state index contributed by atoms with van der Waals surface area (Å²) in [6.07, 6.45) is 3.10. The van der Waals surface area contributed by atoms with E-state index in [2.05, 4.69) is 25.9 Å². The molecule has 1 aromatic heterocycles. The zero-order valence-electron chi connectivity index (χ0n) is 21.7. The first-order chi connectivity index (χ1) is 18.8. The molecule has 1 atom stereocenters. The molecule has 0 radical (unpaired) electrons. The molecule has 3 heterocycles. The number of carbonyl (C=O) groups is 2. The van der Waals surface area contributed by atoms with Crippen LogP contribution in [-0.2, 0) is 0 Å². The van der Waals surface area contributed by atoms with Gasteiger partial charge in [0.2, 0.25) is 11.8 Å². The number of hydrogen-bond donors (Lipinski definition) is 3. The molecule has 2 aromatic carbocycles. The Labute approximate surface area is 236 Å². The molecule has 0 aliphatic carbocycles. The van der Waals surface area contributed by atoms with E-state index in [4.69, 9.17) is 32.7 Å². The zero-order chi connectivity index (χ0) is 27.7. The number of nitrogens with one attached hydrogen (secondary N) is 3. The average Bonchev–Trinajstić information content (AvgIpc) is 3.15. The molecular formula is C27H28Cl2N6O4. The number of halogens is 2. The van der Waals surface area contributed by atoms with Gasteiger partial charge in [0.1, 0.15) is 16.5 Å². The Morgan fingerprint density at radius 2 is 1.92 bits per heavy atom. The third kappa shape index (κ3) is 5.45. The van der Waals surface area contributed by atoms with Crippen LogP contribution < -0.4 is 25.4 Å². The lowest BCUT2D eigenvalue weighted by molar-refractivity contribution is 0.0782. The van der Waals surface area contributed by atoms with Crippen molar-refractivity contribution in [1.82, 2.24) is 25.5 Å². The number of benzene rings is 2. The molecular weight excluding hydrogens is 543 g/mol. The van der Waals surface area contributed by atoms with Crippen LogP contribution in [0.25, 0.3) is 0 Å². The summed E-state index contributed by atoms with van der Waals surface area (Å²) < 4.78 is 11.5. The Hall–Kier alpha value is -3.60. The van der Waals surface area contributed by atoms with Crippen LogP contribution in [0.5, 0.6) is 17.4 Å². The van der Waals surface area contributed by atoms with Crippen molar-refractivity contribution in [3.05, 3.63) is 63.3 Å². The predicted molar refractivity (Wildman–Crippen MR) is 149 cm³/mol. The molecule has 0 saturated carbocycles. The van der Waals surface area contributed by atoms with Crippen molar-refractivity contribution in [3.8, 4) is 17.4 Å². The summed E-state index contributed by atoms with van der Waals surface area (Å²) in [5, 5.41) is 9.77. The second-order valence-electron chi connectivity index (χ2n) is 9.42. The number of piperidine rings is 1. The van der Waals surface area contributed by atoms with Crippen molar-refractivity contribution in [2.75, 3.05) is 32.6 Å². The third-order valence-electron chi connectivity index (χ3n) is 7.00. The van der Waals surface area contributed by atoms with Crippen molar-refractivity contribution >= 4 is 46.7 Å². The normalized spacial score (nSPS) is 17.1. The summed E-state index contributed by atoms with van der Waals surface area (Å²) in [6.45, 7) is 3.67. The van der Waals surface area contributed by atoms with Gasteiger partial charge in [-0.15, -0.1) is 0 Å². The Balaban J connectivity index is 1.38. The summed E-state index contributed by atoms with van der Waals surface area (Å²) in [5.74, 6) is 0.547. The van der Waals surface area contributed by atoms with Gasteiger partial charge in [-0.3, -0.25) is 9.59 Å². The molecule has 0 bridgehead atoms. The van der Waals surface area contributed by atoms with E-state index in [1.165, 1.54) is 13.3 Å². The van der Waals surface area contributed by atoms with E-state index in [0.29, 0.717) is 28.3 Å². The highest BCUT2D eigenvalue weighted by Gasteiger charge is 2.34. The maximum absolute atomic E-state index is 12.9. The van der Waals surface area contributed by atoms with Gasteiger partial charge in [0.25, 0.3) is 11.8 Å². The van der Waals surface area contributed by atoms with Gasteiger partial charge in [-0.05, 0) is 56.6 Å². The van der Waals surface area contributed by atoms with Gasteiger partial charge in [0.15, 0.2) is 0 Å². The highest BCUT2D eigenvalue weighted by atomic mass is 35.5. The Morgan fingerprint density at radius 1 is 1.15 bits per heavy atom. The lowest BCUT2D eigenvalue weighted by atomic mass is 10.1. The molecule has 2 aliphatic rings. The highest BCUT2D eigenvalue weighted by molar-refractivity contribution is 6.34. The number of methoxy groups -OCH3 is 1. The number of fused-ring (bicyclic) bond motifs is 1. The number of ether oxygens (including phenoxy) is 2. The Morgan fingerprint density at radius 3 is 2.67 bits per heavy atom. The fraction of sp³-hybridized carbons (Fsp3) is 0.333. The van der Waals surface area contributed by atoms with E-state index in [-0.39, 0.29) is 45.8 Å². The standard InChI is InChI=1S/C27H28Cl2N6O4/c1-14-16-5-4-6-21(23(16)26(37)35(14)2)39-25-19(29)13-31-27(34-25)33-20-12-18(28)17(11-22(20)38-3)24(36)32-15-7-9-30-10-8-15/h4-6,11-15,30H,7-10H2,1-3H3,(H,32,36)(H,31,33,34). The van der Waals surface area contributed by atoms with Gasteiger partial charge in [0, 0.05) is 13.1 Å². The second-order valence-corrected chi connectivity index (χ2v) is 10.2. The molecule has 5 rings (SSSR count). The molecule has 39 heavy (non-hydrogen) atoms. The first-order valence-corrected chi connectivity index (χ1v) is 13.3. The largest absolute Gasteiger partial charge is 0.495 e. The van der Waals surface area contributed by atoms with E-state index in [1.54, 1.807) is 30.1 Å². The molecule has 3 N–H and O–H groups in total. The minimum Gasteiger partial charge on any atom is -0.495 e. The van der Waals surface area contributed by atoms with E-state index < -0.39 is 0 Å². The second kappa shape index (κ2) is 11.3. The van der Waals surface area contributed by atoms with Gasteiger partial charge in [-0.2, -0.15) is 4.98 Å². The van der Waals surface area contributed by atoms with Crippen LogP contribution in [0.2, 0.25) is 10.0 Å². The first kappa shape index (κ1) is 27.0. The summed E-state index contributed by atoms with van der Waals surface area (Å²) in [4.78, 5) is 36.0. The summed E-state index contributed by atoms with van der Waals surface area (Å²) in [6, 6.07) is 8.59. The number of anilines is 2. The molecule has 3 aromatic rings. The van der Waals surface area contributed by atoms with Gasteiger partial charge >= 0.3 is 0 Å². The minimum atomic E-state index is -0.264. The monoisotopic (exact) mass is 570 g/mol. The molecule has 1 unspecified atom stereocenters. The van der Waals surface area contributed by atoms with E-state index in [9.17, 15) is 9.59 Å². The van der Waals surface area contributed by atoms with Crippen LogP contribution in [0.1, 0.15) is 52.1 Å². The fourth-order valence-corrected chi connectivity index (χ4v) is 5.08. The number of aromatic nitrogens is 2. The highest BCUT2D eigenvalue weighted by Crippen LogP contribution is 2.40. The quantitative estimate of drug-likeness (QED) is 0.365. The topological polar surface area (TPSA) is 118 Å². The average molecular weight is 571 g/mol. The van der Waals surface area contributed by atoms with E-state index in [1.807, 2.05) is 19.1 Å². The molecule has 1 fully saturated rings. The first-order valence-electron chi connectivity index (χ1n) is 12.5. The summed E-state index contributed by atoms with van der Waals surface area (Å²) in [5.41, 5.74) is 2.09. The lowest BCUT2D eigenvalue weighted by Crippen LogP contribution is -2.42. The van der Waals surface area contributed by atoms with E-state index in [0.717, 1.165) is 31.5 Å². The summed E-state index contributed by atoms with van der Waals surface area (Å²) >= 11 is 12.8. The number of rotatable bonds is 7. The maximum Gasteiger partial charge on any atom is 0.258 e. The number of nitrogens with zero attached hydrogens (tertiary/aromatic N) is 3. The smallest absolute Gasteiger partial charge is 0.258 e. The number of hydrogen-bond acceptors (Lipinski definition) is 8. The Bertz CT molecular complexity index is 1430. The number of amides is 2. The molecule has 0 spiro atoms. The molecule has 1 saturated heterocycles. The van der Waals surface area contributed by atoms with Crippen molar-refractivity contribution in [2.24, 2.45) is 0 Å². The molecule has 204 valence electrons. The molecule has 12 heteroatoms. The third-order valence-corrected chi connectivity index (χ3v) is 7.57. The van der Waals surface area contributed by atoms with Gasteiger partial charge in [0.05, 0.1) is 41.2 Å². The van der Waals surface area contributed by atoms with Crippen molar-refractivity contribution in [2.45, 2.75) is 31.8 Å². The minimum absolute atomic E-state index is 0.0700. The molecule has 2 amide bonds. The maximum atomic E-state index is 12.9. The van der Waals surface area contributed by atoms with Gasteiger partial charge in [-0.1, -0.05) is 35.3 Å². The van der Waals surface area contributed by atoms with Gasteiger partial charge in [-0.25, -0.2) is 4.98 Å². The predicted octanol–water partition coefficient (Wildman–Crippen LogP) is 4.96. The SMILES string of the molecule is COc1cc(C(=O)NC2CCNCC2)c(Cl)cc1Nc1ncc(Cl)c(Oc2cccc3c2C(=O)N(C)C3C)n1. The van der Waals surface area contributed by atoms with Crippen LogP contribution in [0.3, 0.4) is 0 Å². The van der Waals surface area contributed by atoms with Gasteiger partial charge < -0.3 is 30.3 Å². The van der Waals surface area contributed by atoms with Crippen LogP contribution in [0, 0.1) is 0 Å². The summed E-state index contributed by atoms with van der Waals surface area (Å²) in [7, 11) is 3.24. The lowest BCUT2D eigenvalue weighted by Gasteiger charge is -2.24. The van der Waals surface area contributed by atoms with Crippen molar-refractivity contribution < 1.29 is 19.1 Å². The Kier molecular flexibility index (Phi) is 7.79. The van der Waals surface area contributed by atoms with Crippen molar-refractivity contribution in [1.29, 1.82) is 0 Å². The molecule has 2 aliphatic heterocycles. The fourth-order valence-electron chi connectivity index (χ4n) is 4.70.